The van der Waals surface area contributed by atoms with Crippen LogP contribution < -0.4 is 10.6 Å². The Labute approximate surface area is 123 Å². The zero-order valence-corrected chi connectivity index (χ0v) is 13.2. The van der Waals surface area contributed by atoms with Gasteiger partial charge in [-0.25, -0.2) is 0 Å². The maximum absolute atomic E-state index is 6.05. The zero-order valence-electron chi connectivity index (χ0n) is 13.2. The van der Waals surface area contributed by atoms with Gasteiger partial charge in [-0.3, -0.25) is 4.90 Å². The van der Waals surface area contributed by atoms with E-state index in [1.807, 2.05) is 0 Å². The lowest BCUT2D eigenvalue weighted by atomic mass is 10.0. The van der Waals surface area contributed by atoms with Crippen LogP contribution in [0.4, 0.5) is 5.69 Å². The average Bonchev–Trinajstić information content (AvgIpc) is 2.89. The molecule has 1 aromatic rings. The molecule has 3 heteroatoms. The summed E-state index contributed by atoms with van der Waals surface area (Å²) < 4.78 is 0. The number of likely N-dealkylation sites (tertiary alicyclic amines) is 1. The highest BCUT2D eigenvalue weighted by molar-refractivity contribution is 5.46. The van der Waals surface area contributed by atoms with E-state index in [0.717, 1.165) is 5.92 Å². The van der Waals surface area contributed by atoms with Crippen LogP contribution in [0.5, 0.6) is 0 Å². The molecule has 0 amide bonds. The summed E-state index contributed by atoms with van der Waals surface area (Å²) >= 11 is 0. The van der Waals surface area contributed by atoms with Crippen LogP contribution in [-0.4, -0.2) is 38.6 Å². The fraction of sp³-hybridized carbons (Fsp3) is 0.647. The summed E-state index contributed by atoms with van der Waals surface area (Å²) in [7, 11) is 4.15. The van der Waals surface area contributed by atoms with Crippen LogP contribution in [0.2, 0.25) is 0 Å². The van der Waals surface area contributed by atoms with Crippen LogP contribution in [0, 0.1) is 5.92 Å². The largest absolute Gasteiger partial charge is 0.378 e. The predicted octanol–water partition coefficient (Wildman–Crippen LogP) is 2.87. The summed E-state index contributed by atoms with van der Waals surface area (Å²) in [6, 6.07) is 9.24. The SMILES string of the molecule is CCCC1CCN(C(CN)c2ccc(N(C)C)cc2)C1. The Morgan fingerprint density at radius 1 is 1.30 bits per heavy atom. The van der Waals surface area contributed by atoms with Crippen LogP contribution in [0.15, 0.2) is 24.3 Å². The quantitative estimate of drug-likeness (QED) is 0.866. The molecular weight excluding hydrogens is 246 g/mol. The summed E-state index contributed by atoms with van der Waals surface area (Å²) in [4.78, 5) is 4.71. The Morgan fingerprint density at radius 3 is 2.55 bits per heavy atom. The molecule has 112 valence electrons. The number of hydrogen-bond acceptors (Lipinski definition) is 3. The van der Waals surface area contributed by atoms with Crippen molar-refractivity contribution in [2.45, 2.75) is 32.2 Å². The first-order valence-corrected chi connectivity index (χ1v) is 7.87. The third kappa shape index (κ3) is 3.53. The van der Waals surface area contributed by atoms with Crippen LogP contribution in [0.3, 0.4) is 0 Å². The molecule has 1 heterocycles. The normalized spacial score (nSPS) is 21.1. The second-order valence-electron chi connectivity index (χ2n) is 6.18. The molecule has 0 spiro atoms. The standard InChI is InChI=1S/C17H29N3/c1-4-5-14-10-11-20(13-14)17(12-18)15-6-8-16(9-7-15)19(2)3/h6-9,14,17H,4-5,10-13,18H2,1-3H3. The molecule has 0 aliphatic carbocycles. The third-order valence-electron chi connectivity index (χ3n) is 4.47. The summed E-state index contributed by atoms with van der Waals surface area (Å²) in [5.41, 5.74) is 8.65. The lowest BCUT2D eigenvalue weighted by molar-refractivity contribution is 0.240. The van der Waals surface area contributed by atoms with Crippen molar-refractivity contribution >= 4 is 5.69 Å². The van der Waals surface area contributed by atoms with Crippen LogP contribution >= 0.6 is 0 Å². The molecule has 1 aliphatic heterocycles. The van der Waals surface area contributed by atoms with Gasteiger partial charge in [0.25, 0.3) is 0 Å². The van der Waals surface area contributed by atoms with Crippen LogP contribution in [0.1, 0.15) is 37.8 Å². The smallest absolute Gasteiger partial charge is 0.0470 e. The minimum absolute atomic E-state index is 0.382. The Hall–Kier alpha value is -1.06. The molecule has 1 aliphatic rings. The van der Waals surface area contributed by atoms with Crippen molar-refractivity contribution in [2.75, 3.05) is 38.6 Å². The van der Waals surface area contributed by atoms with Crippen molar-refractivity contribution < 1.29 is 0 Å². The number of nitrogens with zero attached hydrogens (tertiary/aromatic N) is 2. The highest BCUT2D eigenvalue weighted by Gasteiger charge is 2.27. The number of benzene rings is 1. The summed E-state index contributed by atoms with van der Waals surface area (Å²) in [5.74, 6) is 0.870. The molecule has 20 heavy (non-hydrogen) atoms. The molecule has 2 atom stereocenters. The average molecular weight is 275 g/mol. The predicted molar refractivity (Wildman–Crippen MR) is 87.2 cm³/mol. The molecular formula is C17H29N3. The minimum Gasteiger partial charge on any atom is -0.378 e. The van der Waals surface area contributed by atoms with Gasteiger partial charge in [-0.1, -0.05) is 25.5 Å². The molecule has 1 saturated heterocycles. The van der Waals surface area contributed by atoms with E-state index in [-0.39, 0.29) is 0 Å². The van der Waals surface area contributed by atoms with E-state index in [1.54, 1.807) is 0 Å². The van der Waals surface area contributed by atoms with Crippen molar-refractivity contribution in [1.82, 2.24) is 4.90 Å². The lowest BCUT2D eigenvalue weighted by Crippen LogP contribution is -2.32. The van der Waals surface area contributed by atoms with E-state index in [9.17, 15) is 0 Å². The number of rotatable bonds is 6. The van der Waals surface area contributed by atoms with E-state index in [2.05, 4.69) is 55.1 Å². The third-order valence-corrected chi connectivity index (χ3v) is 4.47. The van der Waals surface area contributed by atoms with Gasteiger partial charge in [0.1, 0.15) is 0 Å². The Bertz CT molecular complexity index is 399. The molecule has 2 N–H and O–H groups in total. The summed E-state index contributed by atoms with van der Waals surface area (Å²) in [5, 5.41) is 0. The van der Waals surface area contributed by atoms with Crippen molar-refractivity contribution in [3.8, 4) is 0 Å². The van der Waals surface area contributed by atoms with Gasteiger partial charge < -0.3 is 10.6 Å². The maximum Gasteiger partial charge on any atom is 0.0470 e. The van der Waals surface area contributed by atoms with E-state index >= 15 is 0 Å². The first-order valence-electron chi connectivity index (χ1n) is 7.87. The molecule has 2 unspecified atom stereocenters. The van der Waals surface area contributed by atoms with Gasteiger partial charge in [-0.2, -0.15) is 0 Å². The second kappa shape index (κ2) is 7.09. The summed E-state index contributed by atoms with van der Waals surface area (Å²) in [6.45, 7) is 5.40. The van der Waals surface area contributed by atoms with E-state index in [1.165, 1.54) is 43.6 Å². The molecule has 0 bridgehead atoms. The Balaban J connectivity index is 2.04. The van der Waals surface area contributed by atoms with Gasteiger partial charge in [0.2, 0.25) is 0 Å². The van der Waals surface area contributed by atoms with Gasteiger partial charge in [0.05, 0.1) is 0 Å². The van der Waals surface area contributed by atoms with Crippen LogP contribution in [-0.2, 0) is 0 Å². The molecule has 2 rings (SSSR count). The van der Waals surface area contributed by atoms with Gasteiger partial charge in [-0.05, 0) is 43.0 Å². The van der Waals surface area contributed by atoms with Crippen molar-refractivity contribution in [3.63, 3.8) is 0 Å². The lowest BCUT2D eigenvalue weighted by Gasteiger charge is -2.27. The fourth-order valence-electron chi connectivity index (χ4n) is 3.28. The topological polar surface area (TPSA) is 32.5 Å². The first kappa shape index (κ1) is 15.3. The van der Waals surface area contributed by atoms with E-state index in [4.69, 9.17) is 5.73 Å². The fourth-order valence-corrected chi connectivity index (χ4v) is 3.28. The van der Waals surface area contributed by atoms with Crippen molar-refractivity contribution in [2.24, 2.45) is 11.7 Å². The molecule has 1 aromatic carbocycles. The van der Waals surface area contributed by atoms with Crippen molar-refractivity contribution in [3.05, 3.63) is 29.8 Å². The van der Waals surface area contributed by atoms with Gasteiger partial charge in [0.15, 0.2) is 0 Å². The molecule has 0 aromatic heterocycles. The highest BCUT2D eigenvalue weighted by Crippen LogP contribution is 2.29. The molecule has 0 radical (unpaired) electrons. The number of hydrogen-bond donors (Lipinski definition) is 1. The van der Waals surface area contributed by atoms with E-state index in [0.29, 0.717) is 12.6 Å². The summed E-state index contributed by atoms with van der Waals surface area (Å²) in [6.07, 6.45) is 3.98. The van der Waals surface area contributed by atoms with Gasteiger partial charge in [0, 0.05) is 38.9 Å². The Morgan fingerprint density at radius 2 is 2.00 bits per heavy atom. The van der Waals surface area contributed by atoms with E-state index < -0.39 is 0 Å². The number of anilines is 1. The van der Waals surface area contributed by atoms with Crippen molar-refractivity contribution in [1.29, 1.82) is 0 Å². The number of nitrogens with two attached hydrogens (primary N) is 1. The van der Waals surface area contributed by atoms with Gasteiger partial charge in [-0.15, -0.1) is 0 Å². The van der Waals surface area contributed by atoms with Crippen LogP contribution in [0.25, 0.3) is 0 Å². The Kier molecular flexibility index (Phi) is 5.44. The zero-order chi connectivity index (χ0) is 14.5. The molecule has 0 saturated carbocycles. The highest BCUT2D eigenvalue weighted by atomic mass is 15.2. The maximum atomic E-state index is 6.05. The second-order valence-corrected chi connectivity index (χ2v) is 6.18. The minimum atomic E-state index is 0.382. The first-order chi connectivity index (χ1) is 9.65. The molecule has 1 fully saturated rings. The molecule has 3 nitrogen and oxygen atoms in total. The van der Waals surface area contributed by atoms with Gasteiger partial charge >= 0.3 is 0 Å². The monoisotopic (exact) mass is 275 g/mol.